The van der Waals surface area contributed by atoms with Gasteiger partial charge < -0.3 is 24.4 Å². The lowest BCUT2D eigenvalue weighted by Gasteiger charge is -2.45. The molecule has 2 unspecified atom stereocenters. The molecule has 0 aromatic heterocycles. The highest BCUT2D eigenvalue weighted by molar-refractivity contribution is 5.98. The monoisotopic (exact) mass is 548 g/mol. The minimum absolute atomic E-state index is 0.0223. The number of nitrogens with zero attached hydrogens (tertiary/aromatic N) is 2. The minimum Gasteiger partial charge on any atom is -0.466 e. The van der Waals surface area contributed by atoms with Crippen molar-refractivity contribution in [3.8, 4) is 0 Å². The van der Waals surface area contributed by atoms with E-state index in [1.165, 1.54) is 0 Å². The van der Waals surface area contributed by atoms with Gasteiger partial charge in [-0.1, -0.05) is 46.6 Å². The van der Waals surface area contributed by atoms with E-state index < -0.39 is 40.6 Å². The van der Waals surface area contributed by atoms with Crippen LogP contribution in [0.3, 0.4) is 0 Å². The molecule has 2 bridgehead atoms. The lowest BCUT2D eigenvalue weighted by Crippen LogP contribution is -2.61. The van der Waals surface area contributed by atoms with E-state index >= 15 is 0 Å². The van der Waals surface area contributed by atoms with Crippen molar-refractivity contribution in [3.05, 3.63) is 12.7 Å². The van der Waals surface area contributed by atoms with Gasteiger partial charge in [0.1, 0.15) is 17.6 Å². The molecule has 0 aromatic carbocycles. The highest BCUT2D eigenvalue weighted by Gasteiger charge is 2.79. The summed E-state index contributed by atoms with van der Waals surface area (Å²) in [6, 6.07) is -0.806. The molecule has 3 fully saturated rings. The van der Waals surface area contributed by atoms with Crippen molar-refractivity contribution in [3.63, 3.8) is 0 Å². The fourth-order valence-electron chi connectivity index (χ4n) is 7.88. The predicted octanol–water partition coefficient (Wildman–Crippen LogP) is 4.49. The number of likely N-dealkylation sites (tertiary alicyclic amines) is 1. The van der Waals surface area contributed by atoms with Gasteiger partial charge in [-0.25, -0.2) is 0 Å². The van der Waals surface area contributed by atoms with Crippen LogP contribution in [0.5, 0.6) is 0 Å². The molecule has 1 N–H and O–H groups in total. The number of ether oxygens (including phenoxy) is 2. The highest BCUT2D eigenvalue weighted by atomic mass is 16.6. The summed E-state index contributed by atoms with van der Waals surface area (Å²) < 4.78 is 12.3. The Morgan fingerprint density at radius 3 is 2.38 bits per heavy atom. The van der Waals surface area contributed by atoms with E-state index in [0.717, 1.165) is 19.3 Å². The maximum absolute atomic E-state index is 14.7. The van der Waals surface area contributed by atoms with Crippen LogP contribution in [-0.4, -0.2) is 81.8 Å². The van der Waals surface area contributed by atoms with Crippen LogP contribution in [0.15, 0.2) is 12.7 Å². The number of rotatable bonds is 14. The third-order valence-corrected chi connectivity index (χ3v) is 9.03. The van der Waals surface area contributed by atoms with E-state index in [-0.39, 0.29) is 30.4 Å². The third-order valence-electron chi connectivity index (χ3n) is 9.03. The van der Waals surface area contributed by atoms with Gasteiger partial charge in [0, 0.05) is 25.2 Å². The summed E-state index contributed by atoms with van der Waals surface area (Å²) in [7, 11) is 0. The van der Waals surface area contributed by atoms with Crippen LogP contribution in [-0.2, 0) is 23.9 Å². The number of carbonyl (C=O) groups is 3. The molecule has 0 radical (unpaired) electrons. The molecule has 0 aromatic rings. The van der Waals surface area contributed by atoms with Gasteiger partial charge in [0.15, 0.2) is 0 Å². The molecule has 0 aliphatic carbocycles. The quantitative estimate of drug-likeness (QED) is 0.195. The molecule has 3 saturated heterocycles. The second kappa shape index (κ2) is 11.9. The zero-order valence-corrected chi connectivity index (χ0v) is 25.4. The molecule has 3 heterocycles. The molecule has 3 aliphatic heterocycles. The minimum atomic E-state index is -1.05. The standard InChI is InChI=1S/C31H52N2O6/c1-9-18-33(29(7,8)21-28(4,5)6)26(36)24-31-17-16-30(10-2,39-31)23(27(37)38-11-3)22(31)25(35)32(24)19-14-12-13-15-20-34/h9,22-24,34H,1,10-21H2,2-8H3/t22-,23-,24?,30+,31?/m0/s1. The summed E-state index contributed by atoms with van der Waals surface area (Å²) in [5.74, 6) is -2.14. The van der Waals surface area contributed by atoms with Gasteiger partial charge >= 0.3 is 5.97 Å². The van der Waals surface area contributed by atoms with Crippen LogP contribution in [0, 0.1) is 17.3 Å². The molecular formula is C31H52N2O6. The molecular weight excluding hydrogens is 496 g/mol. The Labute approximate surface area is 235 Å². The van der Waals surface area contributed by atoms with Crippen LogP contribution in [0.2, 0.25) is 0 Å². The molecule has 1 spiro atoms. The molecule has 0 saturated carbocycles. The third kappa shape index (κ3) is 5.79. The van der Waals surface area contributed by atoms with Crippen LogP contribution in [0.4, 0.5) is 0 Å². The molecule has 3 rings (SSSR count). The first-order valence-electron chi connectivity index (χ1n) is 15.0. The molecule has 222 valence electrons. The Kier molecular flexibility index (Phi) is 9.64. The van der Waals surface area contributed by atoms with Crippen molar-refractivity contribution in [1.82, 2.24) is 9.80 Å². The van der Waals surface area contributed by atoms with Crippen LogP contribution in [0.1, 0.15) is 99.8 Å². The second-order valence-corrected chi connectivity index (χ2v) is 13.5. The number of hydrogen-bond donors (Lipinski definition) is 1. The lowest BCUT2D eigenvalue weighted by atomic mass is 9.65. The Balaban J connectivity index is 2.07. The summed E-state index contributed by atoms with van der Waals surface area (Å²) in [4.78, 5) is 45.9. The smallest absolute Gasteiger partial charge is 0.312 e. The zero-order chi connectivity index (χ0) is 29.2. The van der Waals surface area contributed by atoms with E-state index in [9.17, 15) is 19.5 Å². The van der Waals surface area contributed by atoms with Crippen LogP contribution >= 0.6 is 0 Å². The molecule has 8 heteroatoms. The zero-order valence-electron chi connectivity index (χ0n) is 25.4. The van der Waals surface area contributed by atoms with Gasteiger partial charge in [-0.2, -0.15) is 0 Å². The van der Waals surface area contributed by atoms with Gasteiger partial charge in [-0.05, 0) is 64.7 Å². The number of amides is 2. The van der Waals surface area contributed by atoms with Gasteiger partial charge in [0.2, 0.25) is 11.8 Å². The Morgan fingerprint density at radius 2 is 1.82 bits per heavy atom. The lowest BCUT2D eigenvalue weighted by molar-refractivity contribution is -0.162. The SMILES string of the molecule is C=CCN(C(=O)C1N(CCCCCCO)C(=O)[C@@H]2[C@@H](C(=O)OCC)[C@@]3(CC)CCC12O3)C(C)(C)CC(C)(C)C. The largest absolute Gasteiger partial charge is 0.466 e. The van der Waals surface area contributed by atoms with Crippen molar-refractivity contribution in [2.24, 2.45) is 17.3 Å². The highest BCUT2D eigenvalue weighted by Crippen LogP contribution is 2.64. The normalized spacial score (nSPS) is 30.0. The predicted molar refractivity (Wildman–Crippen MR) is 151 cm³/mol. The van der Waals surface area contributed by atoms with Crippen molar-refractivity contribution < 1.29 is 29.0 Å². The van der Waals surface area contributed by atoms with Crippen LogP contribution in [0.25, 0.3) is 0 Å². The topological polar surface area (TPSA) is 96.4 Å². The Bertz CT molecular complexity index is 927. The number of unbranched alkanes of at least 4 members (excludes halogenated alkanes) is 3. The van der Waals surface area contributed by atoms with Gasteiger partial charge in [0.05, 0.1) is 18.1 Å². The van der Waals surface area contributed by atoms with Gasteiger partial charge in [-0.15, -0.1) is 6.58 Å². The summed E-state index contributed by atoms with van der Waals surface area (Å²) in [5.41, 5.74) is -2.36. The van der Waals surface area contributed by atoms with Gasteiger partial charge in [0.25, 0.3) is 0 Å². The van der Waals surface area contributed by atoms with E-state index in [2.05, 4.69) is 41.2 Å². The van der Waals surface area contributed by atoms with Crippen LogP contribution < -0.4 is 0 Å². The number of fused-ring (bicyclic) bond motifs is 1. The van der Waals surface area contributed by atoms with Crippen molar-refractivity contribution in [2.45, 2.75) is 123 Å². The summed E-state index contributed by atoms with van der Waals surface area (Å²) >= 11 is 0. The number of hydrogen-bond acceptors (Lipinski definition) is 6. The average molecular weight is 549 g/mol. The summed E-state index contributed by atoms with van der Waals surface area (Å²) in [5, 5.41) is 9.17. The number of esters is 1. The molecule has 39 heavy (non-hydrogen) atoms. The molecule has 8 nitrogen and oxygen atoms in total. The second-order valence-electron chi connectivity index (χ2n) is 13.5. The fourth-order valence-corrected chi connectivity index (χ4v) is 7.88. The van der Waals surface area contributed by atoms with E-state index in [0.29, 0.717) is 45.2 Å². The van der Waals surface area contributed by atoms with E-state index in [1.807, 2.05) is 11.8 Å². The van der Waals surface area contributed by atoms with Crippen molar-refractivity contribution >= 4 is 17.8 Å². The van der Waals surface area contributed by atoms with Gasteiger partial charge in [-0.3, -0.25) is 14.4 Å². The Morgan fingerprint density at radius 1 is 1.15 bits per heavy atom. The molecule has 2 amide bonds. The molecule has 5 atom stereocenters. The van der Waals surface area contributed by atoms with Crippen molar-refractivity contribution in [1.29, 1.82) is 0 Å². The molecule has 3 aliphatic rings. The maximum Gasteiger partial charge on any atom is 0.312 e. The first-order valence-corrected chi connectivity index (χ1v) is 15.0. The number of carbonyl (C=O) groups excluding carboxylic acids is 3. The maximum atomic E-state index is 14.7. The first-order chi connectivity index (χ1) is 18.2. The Hall–Kier alpha value is -1.93. The fraction of sp³-hybridized carbons (Fsp3) is 0.839. The number of aliphatic hydroxyl groups excluding tert-OH is 1. The first kappa shape index (κ1) is 31.6. The summed E-state index contributed by atoms with van der Waals surface area (Å²) in [6.07, 6.45) is 7.40. The number of aliphatic hydroxyl groups is 1. The van der Waals surface area contributed by atoms with Crippen molar-refractivity contribution in [2.75, 3.05) is 26.3 Å². The van der Waals surface area contributed by atoms with E-state index in [1.54, 1.807) is 17.9 Å². The van der Waals surface area contributed by atoms with E-state index in [4.69, 9.17) is 9.47 Å². The average Bonchev–Trinajstić information content (AvgIpc) is 3.44. The summed E-state index contributed by atoms with van der Waals surface area (Å²) in [6.45, 7) is 19.5.